The van der Waals surface area contributed by atoms with E-state index in [1.807, 2.05) is 6.92 Å². The van der Waals surface area contributed by atoms with Crippen LogP contribution < -0.4 is 0 Å². The van der Waals surface area contributed by atoms with Gasteiger partial charge in [-0.1, -0.05) is 105 Å². The highest BCUT2D eigenvalue weighted by atomic mass is 16.6. The van der Waals surface area contributed by atoms with Crippen molar-refractivity contribution < 1.29 is 61.9 Å². The van der Waals surface area contributed by atoms with Crippen LogP contribution in [0.3, 0.4) is 0 Å². The summed E-state index contributed by atoms with van der Waals surface area (Å²) in [5, 5.41) is 0. The molecule has 0 aliphatic heterocycles. The molecule has 14 heteroatoms. The van der Waals surface area contributed by atoms with E-state index in [1.54, 1.807) is 27.7 Å². The molecule has 0 bridgehead atoms. The van der Waals surface area contributed by atoms with Crippen molar-refractivity contribution >= 4 is 35.9 Å². The Morgan fingerprint density at radius 1 is 0.424 bits per heavy atom. The predicted octanol–water partition coefficient (Wildman–Crippen LogP) is 10.2. The summed E-state index contributed by atoms with van der Waals surface area (Å²) < 4.78 is 39.4. The number of amides is 1. The largest absolute Gasteiger partial charge is 0.465 e. The molecule has 0 N–H and O–H groups in total. The molecule has 0 radical (unpaired) electrons. The third-order valence-corrected chi connectivity index (χ3v) is 13.9. The average molecular weight is 936 g/mol. The zero-order valence-corrected chi connectivity index (χ0v) is 42.5. The quantitative estimate of drug-likeness (QED) is 0.0564. The second kappa shape index (κ2) is 28.8. The highest BCUT2D eigenvalue weighted by molar-refractivity contribution is 5.74. The fraction of sp³-hybridized carbons (Fsp3) is 0.885. The molecule has 0 aromatic carbocycles. The van der Waals surface area contributed by atoms with Crippen molar-refractivity contribution in [2.75, 3.05) is 59.8 Å². The van der Waals surface area contributed by atoms with Gasteiger partial charge in [0, 0.05) is 39.5 Å². The van der Waals surface area contributed by atoms with Gasteiger partial charge in [0.2, 0.25) is 0 Å². The van der Waals surface area contributed by atoms with Crippen LogP contribution in [0.4, 0.5) is 4.79 Å². The van der Waals surface area contributed by atoms with Gasteiger partial charge in [0.1, 0.15) is 38.6 Å². The lowest BCUT2D eigenvalue weighted by molar-refractivity contribution is -0.161. The lowest BCUT2D eigenvalue weighted by Crippen LogP contribution is -2.40. The Kier molecular flexibility index (Phi) is 24.8. The molecule has 0 spiro atoms. The summed E-state index contributed by atoms with van der Waals surface area (Å²) >= 11 is 0. The molecule has 3 aliphatic rings. The van der Waals surface area contributed by atoms with Gasteiger partial charge < -0.3 is 38.1 Å². The van der Waals surface area contributed by atoms with Gasteiger partial charge in [0.05, 0.1) is 30.3 Å². The highest BCUT2D eigenvalue weighted by Crippen LogP contribution is 2.34. The summed E-state index contributed by atoms with van der Waals surface area (Å²) in [4.78, 5) is 79.4. The van der Waals surface area contributed by atoms with Crippen molar-refractivity contribution in [1.82, 2.24) is 4.90 Å². The molecule has 1 unspecified atom stereocenters. The molecule has 1 amide bonds. The second-order valence-electron chi connectivity index (χ2n) is 22.3. The van der Waals surface area contributed by atoms with Crippen LogP contribution in [0.2, 0.25) is 0 Å². The lowest BCUT2D eigenvalue weighted by atomic mass is 9.81. The van der Waals surface area contributed by atoms with Crippen LogP contribution in [0, 0.1) is 46.3 Å². The van der Waals surface area contributed by atoms with Crippen molar-refractivity contribution in [3.05, 3.63) is 0 Å². The van der Waals surface area contributed by atoms with E-state index in [9.17, 15) is 28.8 Å². The summed E-state index contributed by atoms with van der Waals surface area (Å²) in [5.41, 5.74) is -2.65. The molecule has 0 aromatic heterocycles. The smallest absolute Gasteiger partial charge is 0.410 e. The van der Waals surface area contributed by atoms with Crippen molar-refractivity contribution in [2.45, 2.75) is 189 Å². The molecular weight excluding hydrogens is 847 g/mol. The Bertz CT molecular complexity index is 1440. The first-order valence-electron chi connectivity index (χ1n) is 25.4. The molecule has 3 fully saturated rings. The maximum Gasteiger partial charge on any atom is 0.410 e. The summed E-state index contributed by atoms with van der Waals surface area (Å²) in [6.07, 6.45) is 16.0. The normalized spacial score (nSPS) is 24.1. The van der Waals surface area contributed by atoms with Crippen LogP contribution in [0.15, 0.2) is 0 Å². The van der Waals surface area contributed by atoms with E-state index < -0.39 is 34.5 Å². The Morgan fingerprint density at radius 3 is 0.970 bits per heavy atom. The Labute approximate surface area is 397 Å². The average Bonchev–Trinajstić information content (AvgIpc) is 3.27. The zero-order chi connectivity index (χ0) is 48.8. The SMILES string of the molecule is COCC(C)(COC(=O)CCC1CCC(C)CC1)COC(=O)CCN(CCC(=O)OCC(C)(COC(=O)CCC1CCC(C)CC1)COC(=O)CCC1CCC(C)CC1)C(=O)OC(C)(C)C. The Balaban J connectivity index is 1.53. The van der Waals surface area contributed by atoms with E-state index in [1.165, 1.54) is 50.5 Å². The molecule has 0 heterocycles. The van der Waals surface area contributed by atoms with E-state index in [2.05, 4.69) is 20.8 Å². The number of ether oxygens (including phenoxy) is 7. The van der Waals surface area contributed by atoms with Crippen molar-refractivity contribution in [2.24, 2.45) is 46.3 Å². The molecule has 14 nitrogen and oxygen atoms in total. The van der Waals surface area contributed by atoms with Crippen LogP contribution in [-0.2, 0) is 57.1 Å². The number of hydrogen-bond donors (Lipinski definition) is 0. The zero-order valence-electron chi connectivity index (χ0n) is 42.5. The van der Waals surface area contributed by atoms with E-state index in [4.69, 9.17) is 33.2 Å². The van der Waals surface area contributed by atoms with Crippen LogP contribution in [0.1, 0.15) is 184 Å². The van der Waals surface area contributed by atoms with Crippen molar-refractivity contribution in [1.29, 1.82) is 0 Å². The maximum absolute atomic E-state index is 13.3. The number of carbonyl (C=O) groups excluding carboxylic acids is 6. The van der Waals surface area contributed by atoms with Crippen LogP contribution in [-0.4, -0.2) is 106 Å². The lowest BCUT2D eigenvalue weighted by Gasteiger charge is -2.30. The van der Waals surface area contributed by atoms with Gasteiger partial charge in [-0.3, -0.25) is 24.0 Å². The fourth-order valence-corrected chi connectivity index (χ4v) is 9.13. The maximum atomic E-state index is 13.3. The molecule has 66 heavy (non-hydrogen) atoms. The van der Waals surface area contributed by atoms with Gasteiger partial charge >= 0.3 is 35.9 Å². The monoisotopic (exact) mass is 936 g/mol. The number of nitrogens with zero attached hydrogens (tertiary/aromatic N) is 1. The molecular formula is C52H89NO13. The van der Waals surface area contributed by atoms with Crippen LogP contribution >= 0.6 is 0 Å². The number of rotatable bonds is 27. The topological polar surface area (TPSA) is 170 Å². The molecule has 0 saturated heterocycles. The van der Waals surface area contributed by atoms with Crippen LogP contribution in [0.25, 0.3) is 0 Å². The fourth-order valence-electron chi connectivity index (χ4n) is 9.13. The first-order valence-corrected chi connectivity index (χ1v) is 25.4. The number of carbonyl (C=O) groups is 6. The first kappa shape index (κ1) is 56.9. The van der Waals surface area contributed by atoms with Gasteiger partial charge in [-0.15, -0.1) is 0 Å². The van der Waals surface area contributed by atoms with Gasteiger partial charge in [0.25, 0.3) is 0 Å². The molecule has 3 rings (SSSR count). The van der Waals surface area contributed by atoms with E-state index >= 15 is 0 Å². The molecule has 380 valence electrons. The minimum atomic E-state index is -1.01. The number of methoxy groups -OCH3 is 1. The molecule has 3 aliphatic carbocycles. The van der Waals surface area contributed by atoms with Gasteiger partial charge in [-0.05, 0) is 82.5 Å². The van der Waals surface area contributed by atoms with Gasteiger partial charge in [0.15, 0.2) is 0 Å². The van der Waals surface area contributed by atoms with Crippen molar-refractivity contribution in [3.8, 4) is 0 Å². The summed E-state index contributed by atoms with van der Waals surface area (Å²) in [5.74, 6) is 1.56. The van der Waals surface area contributed by atoms with Crippen LogP contribution in [0.5, 0.6) is 0 Å². The third kappa shape index (κ3) is 24.0. The minimum absolute atomic E-state index is 0.0183. The van der Waals surface area contributed by atoms with E-state index in [0.717, 1.165) is 75.5 Å². The Morgan fingerprint density at radius 2 is 0.697 bits per heavy atom. The summed E-state index contributed by atoms with van der Waals surface area (Å²) in [6, 6.07) is 0. The summed E-state index contributed by atoms with van der Waals surface area (Å²) in [7, 11) is 1.53. The van der Waals surface area contributed by atoms with Crippen molar-refractivity contribution in [3.63, 3.8) is 0 Å². The first-order chi connectivity index (χ1) is 31.1. The number of hydrogen-bond acceptors (Lipinski definition) is 13. The molecule has 0 aromatic rings. The second-order valence-corrected chi connectivity index (χ2v) is 22.3. The van der Waals surface area contributed by atoms with Gasteiger partial charge in [-0.25, -0.2) is 4.79 Å². The predicted molar refractivity (Wildman–Crippen MR) is 251 cm³/mol. The summed E-state index contributed by atoms with van der Waals surface area (Å²) in [6.45, 7) is 15.0. The minimum Gasteiger partial charge on any atom is -0.465 e. The number of esters is 5. The molecule has 1 atom stereocenters. The standard InChI is InChI=1S/C52H89NO13/c1-38-10-16-41(17-11-38)22-25-44(54)61-33-51(7,32-60-9)34-64-47(57)28-30-53(49(59)66-50(4,5)6)31-29-48(58)65-37-52(8,35-62-45(55)26-23-42-18-12-39(2)13-19-42)36-63-46(56)27-24-43-20-14-40(3)15-21-43/h38-43H,10-37H2,1-9H3. The van der Waals surface area contributed by atoms with Gasteiger partial charge in [-0.2, -0.15) is 0 Å². The highest BCUT2D eigenvalue weighted by Gasteiger charge is 2.33. The molecule has 3 saturated carbocycles. The van der Waals surface area contributed by atoms with E-state index in [-0.39, 0.29) is 83.5 Å². The Hall–Kier alpha value is -3.42. The van der Waals surface area contributed by atoms with E-state index in [0.29, 0.717) is 37.0 Å². The third-order valence-electron chi connectivity index (χ3n) is 13.9.